The van der Waals surface area contributed by atoms with E-state index in [2.05, 4.69) is 19.1 Å². The zero-order valence-corrected chi connectivity index (χ0v) is 17.3. The molecule has 0 unspecified atom stereocenters. The second-order valence-corrected chi connectivity index (χ2v) is 7.22. The molecule has 0 amide bonds. The van der Waals surface area contributed by atoms with Gasteiger partial charge in [-0.05, 0) is 37.8 Å². The van der Waals surface area contributed by atoms with Crippen LogP contribution in [0.2, 0.25) is 0 Å². The van der Waals surface area contributed by atoms with Gasteiger partial charge in [0, 0.05) is 0 Å². The molecule has 28 heavy (non-hydrogen) atoms. The van der Waals surface area contributed by atoms with Crippen molar-refractivity contribution in [2.75, 3.05) is 6.61 Å². The quantitative estimate of drug-likeness (QED) is 0.192. The first-order valence-corrected chi connectivity index (χ1v) is 10.8. The van der Waals surface area contributed by atoms with Gasteiger partial charge in [0.25, 0.3) is 0 Å². The maximum atomic E-state index is 12.0. The van der Waals surface area contributed by atoms with E-state index in [0.29, 0.717) is 6.61 Å². The van der Waals surface area contributed by atoms with Crippen LogP contribution in [-0.2, 0) is 4.74 Å². The third kappa shape index (κ3) is 10.9. The highest BCUT2D eigenvalue weighted by atomic mass is 16.5. The number of carboxylic acids is 1. The summed E-state index contributed by atoms with van der Waals surface area (Å²) in [6, 6.07) is 6.16. The van der Waals surface area contributed by atoms with E-state index in [9.17, 15) is 9.59 Å². The minimum atomic E-state index is -1.11. The van der Waals surface area contributed by atoms with Gasteiger partial charge in [0.15, 0.2) is 0 Å². The number of carbonyl (C=O) groups is 2. The van der Waals surface area contributed by atoms with Crippen molar-refractivity contribution >= 4 is 11.9 Å². The number of aromatic carboxylic acids is 1. The Hall–Kier alpha value is -2.10. The van der Waals surface area contributed by atoms with Crippen LogP contribution in [0.4, 0.5) is 0 Å². The van der Waals surface area contributed by atoms with Crippen molar-refractivity contribution in [3.63, 3.8) is 0 Å². The number of allylic oxidation sites excluding steroid dienone is 2. The van der Waals surface area contributed by atoms with Gasteiger partial charge < -0.3 is 9.84 Å². The Morgan fingerprint density at radius 2 is 1.36 bits per heavy atom. The average molecular weight is 389 g/mol. The van der Waals surface area contributed by atoms with E-state index in [1.54, 1.807) is 12.1 Å². The molecular weight excluding hydrogens is 352 g/mol. The first kappa shape index (κ1) is 23.9. The Morgan fingerprint density at radius 1 is 0.821 bits per heavy atom. The summed E-state index contributed by atoms with van der Waals surface area (Å²) < 4.78 is 5.22. The van der Waals surface area contributed by atoms with Gasteiger partial charge in [-0.15, -0.1) is 0 Å². The Balaban J connectivity index is 1.97. The molecule has 0 saturated heterocycles. The van der Waals surface area contributed by atoms with Crippen LogP contribution in [0.25, 0.3) is 0 Å². The zero-order chi connectivity index (χ0) is 20.5. The number of esters is 1. The normalized spacial score (nSPS) is 11.0. The summed E-state index contributed by atoms with van der Waals surface area (Å²) >= 11 is 0. The van der Waals surface area contributed by atoms with E-state index >= 15 is 0 Å². The zero-order valence-electron chi connectivity index (χ0n) is 17.3. The minimum absolute atomic E-state index is 0.00974. The summed E-state index contributed by atoms with van der Waals surface area (Å²) in [5.74, 6) is -1.66. The lowest BCUT2D eigenvalue weighted by Crippen LogP contribution is -2.12. The van der Waals surface area contributed by atoms with Gasteiger partial charge in [-0.3, -0.25) is 0 Å². The maximum absolute atomic E-state index is 12.0. The summed E-state index contributed by atoms with van der Waals surface area (Å²) in [4.78, 5) is 23.1. The summed E-state index contributed by atoms with van der Waals surface area (Å²) in [5.41, 5.74) is 0.111. The SMILES string of the molecule is CCC/C=C/CCCCCCCCCCCOC(=O)c1ccccc1C(=O)O. The van der Waals surface area contributed by atoms with Crippen LogP contribution in [0, 0.1) is 0 Å². The van der Waals surface area contributed by atoms with Gasteiger partial charge in [0.1, 0.15) is 0 Å². The number of ether oxygens (including phenoxy) is 1. The fourth-order valence-corrected chi connectivity index (χ4v) is 3.09. The molecule has 0 bridgehead atoms. The molecule has 0 aromatic heterocycles. The molecule has 0 heterocycles. The summed E-state index contributed by atoms with van der Waals surface area (Å²) in [6.07, 6.45) is 19.0. The minimum Gasteiger partial charge on any atom is -0.478 e. The van der Waals surface area contributed by atoms with E-state index in [4.69, 9.17) is 9.84 Å². The molecule has 0 radical (unpaired) electrons. The summed E-state index contributed by atoms with van der Waals surface area (Å²) in [5, 5.41) is 9.11. The average Bonchev–Trinajstić information content (AvgIpc) is 2.70. The van der Waals surface area contributed by atoms with Crippen LogP contribution < -0.4 is 0 Å². The maximum Gasteiger partial charge on any atom is 0.339 e. The highest BCUT2D eigenvalue weighted by molar-refractivity contribution is 6.02. The third-order valence-corrected chi connectivity index (χ3v) is 4.75. The number of carboxylic acid groups (broad SMARTS) is 1. The largest absolute Gasteiger partial charge is 0.478 e. The molecule has 0 atom stereocenters. The number of hydrogen-bond donors (Lipinski definition) is 1. The summed E-state index contributed by atoms with van der Waals surface area (Å²) in [6.45, 7) is 2.55. The molecule has 1 aromatic carbocycles. The number of rotatable bonds is 16. The van der Waals surface area contributed by atoms with Crippen molar-refractivity contribution in [1.29, 1.82) is 0 Å². The smallest absolute Gasteiger partial charge is 0.339 e. The number of hydrogen-bond acceptors (Lipinski definition) is 3. The van der Waals surface area contributed by atoms with Crippen LogP contribution in [-0.4, -0.2) is 23.7 Å². The van der Waals surface area contributed by atoms with Gasteiger partial charge in [0.05, 0.1) is 17.7 Å². The molecule has 156 valence electrons. The fraction of sp³-hybridized carbons (Fsp3) is 0.583. The Bertz CT molecular complexity index is 592. The molecule has 0 aliphatic rings. The van der Waals surface area contributed by atoms with Gasteiger partial charge in [-0.1, -0.05) is 82.6 Å². The predicted octanol–water partition coefficient (Wildman–Crippen LogP) is 6.80. The van der Waals surface area contributed by atoms with Crippen molar-refractivity contribution in [3.8, 4) is 0 Å². The van der Waals surface area contributed by atoms with Gasteiger partial charge in [-0.25, -0.2) is 9.59 Å². The fourth-order valence-electron chi connectivity index (χ4n) is 3.09. The molecule has 4 nitrogen and oxygen atoms in total. The molecule has 0 fully saturated rings. The third-order valence-electron chi connectivity index (χ3n) is 4.75. The lowest BCUT2D eigenvalue weighted by Gasteiger charge is -2.07. The number of benzene rings is 1. The van der Waals surface area contributed by atoms with Crippen molar-refractivity contribution in [2.45, 2.75) is 84.0 Å². The van der Waals surface area contributed by atoms with Crippen LogP contribution in [0.1, 0.15) is 105 Å². The molecule has 1 rings (SSSR count). The van der Waals surface area contributed by atoms with Crippen LogP contribution >= 0.6 is 0 Å². The predicted molar refractivity (Wildman–Crippen MR) is 114 cm³/mol. The van der Waals surface area contributed by atoms with E-state index in [0.717, 1.165) is 19.3 Å². The molecule has 0 saturated carbocycles. The van der Waals surface area contributed by atoms with Gasteiger partial charge >= 0.3 is 11.9 Å². The Kier molecular flexibility index (Phi) is 13.6. The topological polar surface area (TPSA) is 63.6 Å². The Morgan fingerprint density at radius 3 is 1.96 bits per heavy atom. The van der Waals surface area contributed by atoms with Crippen LogP contribution in [0.5, 0.6) is 0 Å². The number of unbranched alkanes of at least 4 members (excludes halogenated alkanes) is 10. The highest BCUT2D eigenvalue weighted by Crippen LogP contribution is 2.13. The summed E-state index contributed by atoms with van der Waals surface area (Å²) in [7, 11) is 0. The number of carbonyl (C=O) groups excluding carboxylic acids is 1. The molecule has 0 aliphatic heterocycles. The molecule has 0 aliphatic carbocycles. The first-order valence-electron chi connectivity index (χ1n) is 10.8. The highest BCUT2D eigenvalue weighted by Gasteiger charge is 2.16. The van der Waals surface area contributed by atoms with Gasteiger partial charge in [0.2, 0.25) is 0 Å². The lowest BCUT2D eigenvalue weighted by molar-refractivity contribution is 0.0487. The van der Waals surface area contributed by atoms with Gasteiger partial charge in [-0.2, -0.15) is 0 Å². The monoisotopic (exact) mass is 388 g/mol. The van der Waals surface area contributed by atoms with Crippen molar-refractivity contribution in [3.05, 3.63) is 47.5 Å². The van der Waals surface area contributed by atoms with Crippen molar-refractivity contribution in [1.82, 2.24) is 0 Å². The Labute approximate surface area is 170 Å². The van der Waals surface area contributed by atoms with Crippen LogP contribution in [0.15, 0.2) is 36.4 Å². The van der Waals surface area contributed by atoms with Crippen molar-refractivity contribution < 1.29 is 19.4 Å². The first-order chi connectivity index (χ1) is 13.7. The lowest BCUT2D eigenvalue weighted by atomic mass is 10.1. The standard InChI is InChI=1S/C24H36O4/c1-2-3-4-5-6-7-8-9-10-11-12-13-14-17-20-28-24(27)22-19-16-15-18-21(22)23(25)26/h4-5,15-16,18-19H,2-3,6-14,17,20H2,1H3,(H,25,26)/b5-4+. The van der Waals surface area contributed by atoms with E-state index in [1.807, 2.05) is 0 Å². The molecule has 0 spiro atoms. The molecule has 1 aromatic rings. The second kappa shape index (κ2) is 15.9. The van der Waals surface area contributed by atoms with Crippen molar-refractivity contribution in [2.24, 2.45) is 0 Å². The van der Waals surface area contributed by atoms with E-state index < -0.39 is 11.9 Å². The van der Waals surface area contributed by atoms with E-state index in [-0.39, 0.29) is 11.1 Å². The molecule has 4 heteroatoms. The van der Waals surface area contributed by atoms with E-state index in [1.165, 1.54) is 69.9 Å². The van der Waals surface area contributed by atoms with Crippen LogP contribution in [0.3, 0.4) is 0 Å². The second-order valence-electron chi connectivity index (χ2n) is 7.22. The molecule has 1 N–H and O–H groups in total. The molecular formula is C24H36O4.